The highest BCUT2D eigenvalue weighted by Crippen LogP contribution is 2.46. The molecule has 5 heteroatoms. The maximum absolute atomic E-state index is 13.3. The Kier molecular flexibility index (Phi) is 6.20. The average molecular weight is 373 g/mol. The molecule has 0 radical (unpaired) electrons. The number of amides is 2. The van der Waals surface area contributed by atoms with Gasteiger partial charge >= 0.3 is 0 Å². The van der Waals surface area contributed by atoms with Crippen molar-refractivity contribution < 1.29 is 14.3 Å². The smallest absolute Gasteiger partial charge is 0.240 e. The molecule has 1 atom stereocenters. The Morgan fingerprint density at radius 3 is 2.67 bits per heavy atom. The molecule has 0 N–H and O–H groups in total. The summed E-state index contributed by atoms with van der Waals surface area (Å²) in [6, 6.07) is 5.98. The predicted molar refractivity (Wildman–Crippen MR) is 106 cm³/mol. The number of unbranched alkanes of at least 4 members (excludes halogenated alkanes) is 1. The fourth-order valence-corrected chi connectivity index (χ4v) is 4.64. The Bertz CT molecular complexity index is 699. The number of aryl methyl sites for hydroxylation is 1. The second kappa shape index (κ2) is 8.42. The fourth-order valence-electron chi connectivity index (χ4n) is 4.64. The van der Waals surface area contributed by atoms with Gasteiger partial charge in [-0.15, -0.1) is 0 Å². The molecule has 1 heterocycles. The third-order valence-electron chi connectivity index (χ3n) is 6.29. The van der Waals surface area contributed by atoms with Crippen LogP contribution in [0, 0.1) is 0 Å². The third kappa shape index (κ3) is 3.75. The molecule has 1 saturated heterocycles. The van der Waals surface area contributed by atoms with Gasteiger partial charge in [0, 0.05) is 13.0 Å². The van der Waals surface area contributed by atoms with Gasteiger partial charge in [-0.2, -0.15) is 0 Å². The van der Waals surface area contributed by atoms with E-state index in [1.54, 1.807) is 7.11 Å². The highest BCUT2D eigenvalue weighted by Gasteiger charge is 2.53. The van der Waals surface area contributed by atoms with Gasteiger partial charge < -0.3 is 9.64 Å². The van der Waals surface area contributed by atoms with E-state index < -0.39 is 5.41 Å². The van der Waals surface area contributed by atoms with E-state index in [0.717, 1.165) is 63.1 Å². The van der Waals surface area contributed by atoms with E-state index in [2.05, 4.69) is 24.8 Å². The Morgan fingerprint density at radius 1 is 1.19 bits per heavy atom. The normalized spacial score (nSPS) is 22.0. The van der Waals surface area contributed by atoms with E-state index in [4.69, 9.17) is 4.74 Å². The van der Waals surface area contributed by atoms with Gasteiger partial charge in [0.05, 0.1) is 12.5 Å². The van der Waals surface area contributed by atoms with Crippen LogP contribution in [0.25, 0.3) is 0 Å². The number of benzene rings is 1. The minimum Gasteiger partial charge on any atom is -0.497 e. The van der Waals surface area contributed by atoms with Gasteiger partial charge in [-0.1, -0.05) is 19.9 Å². The molecule has 148 valence electrons. The summed E-state index contributed by atoms with van der Waals surface area (Å²) in [5.74, 6) is 0.746. The number of carbonyl (C=O) groups excluding carboxylic acids is 2. The molecule has 27 heavy (non-hydrogen) atoms. The molecule has 0 aromatic heterocycles. The zero-order valence-electron chi connectivity index (χ0n) is 16.9. The van der Waals surface area contributed by atoms with Gasteiger partial charge in [0.15, 0.2) is 0 Å². The van der Waals surface area contributed by atoms with Crippen molar-refractivity contribution in [3.05, 3.63) is 29.3 Å². The van der Waals surface area contributed by atoms with Gasteiger partial charge in [-0.25, -0.2) is 0 Å². The van der Waals surface area contributed by atoms with E-state index in [1.807, 2.05) is 12.1 Å². The van der Waals surface area contributed by atoms with E-state index in [9.17, 15) is 9.59 Å². The first-order chi connectivity index (χ1) is 13.1. The van der Waals surface area contributed by atoms with Gasteiger partial charge in [0.25, 0.3) is 0 Å². The molecule has 2 amide bonds. The second-order valence-electron chi connectivity index (χ2n) is 7.72. The molecule has 1 aromatic carbocycles. The molecule has 1 fully saturated rings. The molecule has 3 rings (SSSR count). The van der Waals surface area contributed by atoms with E-state index in [1.165, 1.54) is 10.5 Å². The summed E-state index contributed by atoms with van der Waals surface area (Å²) in [5.41, 5.74) is 1.53. The topological polar surface area (TPSA) is 49.9 Å². The van der Waals surface area contributed by atoms with Crippen molar-refractivity contribution >= 4 is 11.8 Å². The van der Waals surface area contributed by atoms with Crippen LogP contribution < -0.4 is 4.74 Å². The number of methoxy groups -OCH3 is 1. The van der Waals surface area contributed by atoms with E-state index in [0.29, 0.717) is 13.0 Å². The molecule has 0 bridgehead atoms. The number of likely N-dealkylation sites (tertiary alicyclic amines) is 1. The van der Waals surface area contributed by atoms with E-state index in [-0.39, 0.29) is 11.8 Å². The van der Waals surface area contributed by atoms with Crippen molar-refractivity contribution in [3.8, 4) is 5.75 Å². The molecule has 1 aromatic rings. The van der Waals surface area contributed by atoms with Crippen LogP contribution in [0.15, 0.2) is 18.2 Å². The van der Waals surface area contributed by atoms with Crippen LogP contribution in [0.3, 0.4) is 0 Å². The molecule has 2 aliphatic rings. The molecule has 1 spiro atoms. The lowest BCUT2D eigenvalue weighted by atomic mass is 9.69. The largest absolute Gasteiger partial charge is 0.497 e. The van der Waals surface area contributed by atoms with Crippen molar-refractivity contribution in [2.45, 2.75) is 57.8 Å². The Hall–Kier alpha value is -1.88. The van der Waals surface area contributed by atoms with Gasteiger partial charge in [0.1, 0.15) is 5.75 Å². The molecule has 1 aliphatic heterocycles. The molecule has 0 saturated carbocycles. The van der Waals surface area contributed by atoms with Crippen LogP contribution in [-0.4, -0.2) is 54.9 Å². The average Bonchev–Trinajstić information content (AvgIpc) is 2.92. The van der Waals surface area contributed by atoms with Gasteiger partial charge in [-0.05, 0) is 75.0 Å². The number of rotatable bonds is 8. The maximum atomic E-state index is 13.3. The first-order valence-electron chi connectivity index (χ1n) is 10.3. The van der Waals surface area contributed by atoms with Crippen LogP contribution >= 0.6 is 0 Å². The summed E-state index contributed by atoms with van der Waals surface area (Å²) in [5, 5.41) is 0. The minimum atomic E-state index is -0.669. The lowest BCUT2D eigenvalue weighted by molar-refractivity contribution is -0.140. The lowest BCUT2D eigenvalue weighted by Crippen LogP contribution is -2.41. The quantitative estimate of drug-likeness (QED) is 0.520. The molecular formula is C22H32N2O3. The Balaban J connectivity index is 1.73. The maximum Gasteiger partial charge on any atom is 0.240 e. The molecule has 1 aliphatic carbocycles. The first-order valence-corrected chi connectivity index (χ1v) is 10.3. The van der Waals surface area contributed by atoms with Gasteiger partial charge in [0.2, 0.25) is 11.8 Å². The van der Waals surface area contributed by atoms with Crippen LogP contribution in [0.4, 0.5) is 0 Å². The molecular weight excluding hydrogens is 340 g/mol. The number of imide groups is 1. The van der Waals surface area contributed by atoms with Crippen molar-refractivity contribution in [1.82, 2.24) is 9.80 Å². The monoisotopic (exact) mass is 372 g/mol. The number of nitrogens with zero attached hydrogens (tertiary/aromatic N) is 2. The molecule has 5 nitrogen and oxygen atoms in total. The summed E-state index contributed by atoms with van der Waals surface area (Å²) < 4.78 is 5.38. The number of carbonyl (C=O) groups is 2. The van der Waals surface area contributed by atoms with Crippen LogP contribution in [-0.2, 0) is 21.4 Å². The van der Waals surface area contributed by atoms with Crippen LogP contribution in [0.1, 0.15) is 57.1 Å². The fraction of sp³-hybridized carbons (Fsp3) is 0.636. The van der Waals surface area contributed by atoms with E-state index >= 15 is 0 Å². The summed E-state index contributed by atoms with van der Waals surface area (Å²) in [4.78, 5) is 30.0. The van der Waals surface area contributed by atoms with Crippen molar-refractivity contribution in [2.24, 2.45) is 0 Å². The van der Waals surface area contributed by atoms with Crippen LogP contribution in [0.2, 0.25) is 0 Å². The SMILES string of the molecule is CCN(CC)CCCCN1C(=O)CC2(CCCc3ccc(OC)cc32)C1=O. The van der Waals surface area contributed by atoms with Crippen molar-refractivity contribution in [3.63, 3.8) is 0 Å². The third-order valence-corrected chi connectivity index (χ3v) is 6.29. The summed E-state index contributed by atoms with van der Waals surface area (Å²) in [6.45, 7) is 7.97. The van der Waals surface area contributed by atoms with Gasteiger partial charge in [-0.3, -0.25) is 14.5 Å². The number of hydrogen-bond donors (Lipinski definition) is 0. The number of ether oxygens (including phenoxy) is 1. The zero-order chi connectivity index (χ0) is 19.4. The number of hydrogen-bond acceptors (Lipinski definition) is 4. The Labute approximate surface area is 162 Å². The van der Waals surface area contributed by atoms with Crippen molar-refractivity contribution in [2.75, 3.05) is 33.3 Å². The second-order valence-corrected chi connectivity index (χ2v) is 7.72. The standard InChI is InChI=1S/C22H32N2O3/c1-4-23(5-2)13-6-7-14-24-20(25)16-22(21(24)26)12-8-9-17-10-11-18(27-3)15-19(17)22/h10-11,15H,4-9,12-14,16H2,1-3H3. The minimum absolute atomic E-state index is 0.00421. The molecule has 1 unspecified atom stereocenters. The highest BCUT2D eigenvalue weighted by molar-refractivity contribution is 6.09. The summed E-state index contributed by atoms with van der Waals surface area (Å²) in [7, 11) is 1.64. The Morgan fingerprint density at radius 2 is 1.96 bits per heavy atom. The first kappa shape index (κ1) is 19.9. The summed E-state index contributed by atoms with van der Waals surface area (Å²) in [6.07, 6.45) is 4.86. The lowest BCUT2D eigenvalue weighted by Gasteiger charge is -2.33. The van der Waals surface area contributed by atoms with Crippen LogP contribution in [0.5, 0.6) is 5.75 Å². The number of fused-ring (bicyclic) bond motifs is 2. The highest BCUT2D eigenvalue weighted by atomic mass is 16.5. The summed E-state index contributed by atoms with van der Waals surface area (Å²) >= 11 is 0. The zero-order valence-corrected chi connectivity index (χ0v) is 16.9. The predicted octanol–water partition coefficient (Wildman–Crippen LogP) is 3.15. The van der Waals surface area contributed by atoms with Crippen molar-refractivity contribution in [1.29, 1.82) is 0 Å².